The van der Waals surface area contributed by atoms with Gasteiger partial charge in [0.05, 0.1) is 6.10 Å². The number of aliphatic hydroxyl groups is 1. The van der Waals surface area contributed by atoms with E-state index in [2.05, 4.69) is 32.7 Å². The number of hydrogen-bond acceptors (Lipinski definition) is 4. The number of halogens is 1. The van der Waals surface area contributed by atoms with Gasteiger partial charge in [-0.05, 0) is 31.0 Å². The third-order valence-electron chi connectivity index (χ3n) is 5.59. The van der Waals surface area contributed by atoms with Crippen molar-refractivity contribution >= 4 is 41.5 Å². The molecule has 0 bridgehead atoms. The first-order valence-electron chi connectivity index (χ1n) is 11.5. The molecule has 0 aliphatic carbocycles. The molecule has 3 N–H and O–H groups in total. The van der Waals surface area contributed by atoms with Crippen LogP contribution in [-0.2, 0) is 4.79 Å². The molecule has 3 rings (SSSR count). The number of para-hydroxylation sites is 1. The summed E-state index contributed by atoms with van der Waals surface area (Å²) in [6.07, 6.45) is 0.451. The standard InChI is InChI=1S/C25H35N5O2.HI/c1-2-26-25(27-15-13-23(31)21-9-5-3-6-10-21)28-16-14-24(32)30-19-17-29(18-20-30)22-11-7-4-8-12-22;/h3-12,23,31H,2,13-20H2,1H3,(H2,26,27,28);1H. The molecule has 2 aromatic rings. The Morgan fingerprint density at radius 2 is 1.64 bits per heavy atom. The number of aliphatic hydroxyl groups excluding tert-OH is 1. The Balaban J connectivity index is 0.00000385. The van der Waals surface area contributed by atoms with E-state index in [9.17, 15) is 9.90 Å². The molecule has 180 valence electrons. The van der Waals surface area contributed by atoms with Gasteiger partial charge in [0.1, 0.15) is 0 Å². The SMILES string of the molecule is CCNC(=NCCC(O)c1ccccc1)NCCC(=O)N1CCN(c2ccccc2)CC1.I. The highest BCUT2D eigenvalue weighted by molar-refractivity contribution is 14.0. The molecule has 0 spiro atoms. The zero-order chi connectivity index (χ0) is 22.6. The van der Waals surface area contributed by atoms with Gasteiger partial charge in [0.25, 0.3) is 0 Å². The van der Waals surface area contributed by atoms with Crippen LogP contribution in [0.4, 0.5) is 5.69 Å². The van der Waals surface area contributed by atoms with Crippen molar-refractivity contribution in [2.75, 3.05) is 50.7 Å². The molecule has 1 atom stereocenters. The molecule has 33 heavy (non-hydrogen) atoms. The van der Waals surface area contributed by atoms with Gasteiger partial charge in [0, 0.05) is 57.9 Å². The maximum Gasteiger partial charge on any atom is 0.224 e. The number of anilines is 1. The van der Waals surface area contributed by atoms with Crippen LogP contribution in [0.3, 0.4) is 0 Å². The molecule has 1 saturated heterocycles. The molecular weight excluding hydrogens is 529 g/mol. The molecule has 1 aliphatic rings. The molecule has 1 unspecified atom stereocenters. The zero-order valence-corrected chi connectivity index (χ0v) is 21.7. The Morgan fingerprint density at radius 3 is 2.27 bits per heavy atom. The molecule has 7 nitrogen and oxygen atoms in total. The average Bonchev–Trinajstić information content (AvgIpc) is 2.85. The highest BCUT2D eigenvalue weighted by Gasteiger charge is 2.20. The van der Waals surface area contributed by atoms with E-state index < -0.39 is 6.10 Å². The first-order chi connectivity index (χ1) is 15.7. The van der Waals surface area contributed by atoms with Crippen molar-refractivity contribution in [1.82, 2.24) is 15.5 Å². The first kappa shape index (κ1) is 26.9. The van der Waals surface area contributed by atoms with E-state index in [-0.39, 0.29) is 29.9 Å². The maximum atomic E-state index is 12.6. The van der Waals surface area contributed by atoms with Gasteiger partial charge in [-0.2, -0.15) is 0 Å². The quantitative estimate of drug-likeness (QED) is 0.248. The highest BCUT2D eigenvalue weighted by atomic mass is 127. The smallest absolute Gasteiger partial charge is 0.224 e. The lowest BCUT2D eigenvalue weighted by molar-refractivity contribution is -0.131. The van der Waals surface area contributed by atoms with Crippen molar-refractivity contribution in [1.29, 1.82) is 0 Å². The minimum atomic E-state index is -0.529. The third kappa shape index (κ3) is 8.85. The molecule has 2 aromatic carbocycles. The summed E-state index contributed by atoms with van der Waals surface area (Å²) >= 11 is 0. The average molecular weight is 566 g/mol. The largest absolute Gasteiger partial charge is 0.388 e. The highest BCUT2D eigenvalue weighted by Crippen LogP contribution is 2.16. The zero-order valence-electron chi connectivity index (χ0n) is 19.3. The summed E-state index contributed by atoms with van der Waals surface area (Å²) in [4.78, 5) is 21.4. The van der Waals surface area contributed by atoms with Crippen molar-refractivity contribution in [3.8, 4) is 0 Å². The monoisotopic (exact) mass is 565 g/mol. The van der Waals surface area contributed by atoms with Crippen molar-refractivity contribution in [3.63, 3.8) is 0 Å². The van der Waals surface area contributed by atoms with Crippen LogP contribution in [0.1, 0.15) is 31.4 Å². The number of amides is 1. The van der Waals surface area contributed by atoms with E-state index in [4.69, 9.17) is 0 Å². The van der Waals surface area contributed by atoms with E-state index in [1.165, 1.54) is 5.69 Å². The van der Waals surface area contributed by atoms with Gasteiger partial charge in [-0.1, -0.05) is 48.5 Å². The Labute approximate surface area is 214 Å². The van der Waals surface area contributed by atoms with E-state index in [1.807, 2.05) is 60.4 Å². The summed E-state index contributed by atoms with van der Waals surface area (Å²) in [7, 11) is 0. The number of nitrogens with one attached hydrogen (secondary N) is 2. The van der Waals surface area contributed by atoms with Crippen LogP contribution in [0.2, 0.25) is 0 Å². The van der Waals surface area contributed by atoms with Gasteiger partial charge in [-0.3, -0.25) is 9.79 Å². The molecule has 1 amide bonds. The van der Waals surface area contributed by atoms with E-state index in [0.717, 1.165) is 38.3 Å². The third-order valence-corrected chi connectivity index (χ3v) is 5.59. The number of guanidine groups is 1. The number of rotatable bonds is 9. The van der Waals surface area contributed by atoms with Crippen LogP contribution in [0.15, 0.2) is 65.7 Å². The molecule has 0 saturated carbocycles. The number of nitrogens with zero attached hydrogens (tertiary/aromatic N) is 3. The number of benzene rings is 2. The lowest BCUT2D eigenvalue weighted by Gasteiger charge is -2.36. The van der Waals surface area contributed by atoms with Gasteiger partial charge in [0.15, 0.2) is 5.96 Å². The summed E-state index contributed by atoms with van der Waals surface area (Å²) in [5, 5.41) is 16.7. The van der Waals surface area contributed by atoms with Gasteiger partial charge in [-0.25, -0.2) is 0 Å². The molecule has 0 aromatic heterocycles. The fraction of sp³-hybridized carbons (Fsp3) is 0.440. The van der Waals surface area contributed by atoms with E-state index in [0.29, 0.717) is 31.9 Å². The van der Waals surface area contributed by atoms with Gasteiger partial charge < -0.3 is 25.5 Å². The molecule has 8 heteroatoms. The summed E-state index contributed by atoms with van der Waals surface area (Å²) in [5.74, 6) is 0.843. The minimum Gasteiger partial charge on any atom is -0.388 e. The number of piperazine rings is 1. The second-order valence-corrected chi connectivity index (χ2v) is 7.86. The molecule has 1 heterocycles. The lowest BCUT2D eigenvalue weighted by Crippen LogP contribution is -2.49. The Hall–Kier alpha value is -2.33. The van der Waals surface area contributed by atoms with Crippen molar-refractivity contribution in [3.05, 3.63) is 66.2 Å². The summed E-state index contributed by atoms with van der Waals surface area (Å²) in [5.41, 5.74) is 2.11. The predicted molar refractivity (Wildman–Crippen MR) is 145 cm³/mol. The Kier molecular flexibility index (Phi) is 12.0. The van der Waals surface area contributed by atoms with Gasteiger partial charge >= 0.3 is 0 Å². The summed E-state index contributed by atoms with van der Waals surface area (Å²) in [6, 6.07) is 20.0. The predicted octanol–water partition coefficient (Wildman–Crippen LogP) is 3.02. The van der Waals surface area contributed by atoms with Crippen LogP contribution in [0, 0.1) is 0 Å². The van der Waals surface area contributed by atoms with Gasteiger partial charge in [-0.15, -0.1) is 24.0 Å². The molecule has 1 aliphatic heterocycles. The summed E-state index contributed by atoms with van der Waals surface area (Å²) in [6.45, 7) is 6.99. The van der Waals surface area contributed by atoms with E-state index >= 15 is 0 Å². The number of carbonyl (C=O) groups excluding carboxylic acids is 1. The van der Waals surface area contributed by atoms with Gasteiger partial charge in [0.2, 0.25) is 5.91 Å². The van der Waals surface area contributed by atoms with Crippen molar-refractivity contribution in [2.24, 2.45) is 4.99 Å². The number of carbonyl (C=O) groups is 1. The van der Waals surface area contributed by atoms with Crippen LogP contribution in [0.5, 0.6) is 0 Å². The Bertz CT molecular complexity index is 842. The topological polar surface area (TPSA) is 80.2 Å². The van der Waals surface area contributed by atoms with Crippen molar-refractivity contribution < 1.29 is 9.90 Å². The van der Waals surface area contributed by atoms with Crippen molar-refractivity contribution in [2.45, 2.75) is 25.9 Å². The van der Waals surface area contributed by atoms with E-state index in [1.54, 1.807) is 0 Å². The normalized spacial score (nSPS) is 14.9. The molecule has 0 radical (unpaired) electrons. The van der Waals surface area contributed by atoms with Crippen LogP contribution in [-0.4, -0.2) is 67.7 Å². The second kappa shape index (κ2) is 14.7. The fourth-order valence-electron chi connectivity index (χ4n) is 3.78. The van der Waals surface area contributed by atoms with Crippen LogP contribution < -0.4 is 15.5 Å². The fourth-order valence-corrected chi connectivity index (χ4v) is 3.78. The maximum absolute atomic E-state index is 12.6. The number of aliphatic imine (C=N–C) groups is 1. The molecular formula is C25H36IN5O2. The Morgan fingerprint density at radius 1 is 1.00 bits per heavy atom. The second-order valence-electron chi connectivity index (χ2n) is 7.86. The molecule has 1 fully saturated rings. The van der Waals surface area contributed by atoms with Crippen LogP contribution >= 0.6 is 24.0 Å². The first-order valence-corrected chi connectivity index (χ1v) is 11.5. The minimum absolute atomic E-state index is 0. The summed E-state index contributed by atoms with van der Waals surface area (Å²) < 4.78 is 0. The lowest BCUT2D eigenvalue weighted by atomic mass is 10.1. The number of hydrogen-bond donors (Lipinski definition) is 3. The van der Waals surface area contributed by atoms with Crippen LogP contribution in [0.25, 0.3) is 0 Å².